The summed E-state index contributed by atoms with van der Waals surface area (Å²) in [6.07, 6.45) is -4.46. The second-order valence-electron chi connectivity index (χ2n) is 4.92. The van der Waals surface area contributed by atoms with Crippen molar-refractivity contribution >= 4 is 17.3 Å². The number of rotatable bonds is 3. The molecule has 21 heavy (non-hydrogen) atoms. The molecule has 1 heterocycles. The van der Waals surface area contributed by atoms with E-state index in [1.807, 2.05) is 6.07 Å². The molecule has 0 aliphatic rings. The zero-order valence-corrected chi connectivity index (χ0v) is 12.6. The maximum Gasteiger partial charge on any atom is 0.418 e. The van der Waals surface area contributed by atoms with Gasteiger partial charge < -0.3 is 9.73 Å². The standard InChI is InChI=1S/C15H15ClF3NO/c1-8-6-12(10(3)21-8)9(2)20-14-5-4-11(16)7-13(14)15(17,18)19/h4-7,9,20H,1-3H3. The Hall–Kier alpha value is -1.62. The van der Waals surface area contributed by atoms with Crippen LogP contribution in [-0.4, -0.2) is 0 Å². The molecule has 1 aromatic heterocycles. The van der Waals surface area contributed by atoms with Crippen LogP contribution < -0.4 is 5.32 Å². The van der Waals surface area contributed by atoms with E-state index in [0.29, 0.717) is 5.76 Å². The van der Waals surface area contributed by atoms with Gasteiger partial charge in [0.2, 0.25) is 0 Å². The third-order valence-corrected chi connectivity index (χ3v) is 3.44. The third kappa shape index (κ3) is 3.53. The number of benzene rings is 1. The Morgan fingerprint density at radius 1 is 1.19 bits per heavy atom. The molecule has 1 unspecified atom stereocenters. The summed E-state index contributed by atoms with van der Waals surface area (Å²) in [6.45, 7) is 5.37. The first-order chi connectivity index (χ1) is 9.68. The number of furan rings is 1. The van der Waals surface area contributed by atoms with Crippen LogP contribution in [0.2, 0.25) is 5.02 Å². The molecule has 2 nitrogen and oxygen atoms in total. The fourth-order valence-corrected chi connectivity index (χ4v) is 2.44. The molecule has 0 bridgehead atoms. The number of alkyl halides is 3. The first kappa shape index (κ1) is 15.8. The highest BCUT2D eigenvalue weighted by Gasteiger charge is 2.34. The Morgan fingerprint density at radius 2 is 1.86 bits per heavy atom. The van der Waals surface area contributed by atoms with Gasteiger partial charge >= 0.3 is 6.18 Å². The molecule has 1 atom stereocenters. The molecular weight excluding hydrogens is 303 g/mol. The third-order valence-electron chi connectivity index (χ3n) is 3.20. The highest BCUT2D eigenvalue weighted by molar-refractivity contribution is 6.30. The lowest BCUT2D eigenvalue weighted by molar-refractivity contribution is -0.137. The topological polar surface area (TPSA) is 25.2 Å². The van der Waals surface area contributed by atoms with Crippen LogP contribution in [0.1, 0.15) is 35.6 Å². The minimum Gasteiger partial charge on any atom is -0.466 e. The Balaban J connectivity index is 2.33. The fraction of sp³-hybridized carbons (Fsp3) is 0.333. The summed E-state index contributed by atoms with van der Waals surface area (Å²) in [4.78, 5) is 0. The molecule has 1 aromatic carbocycles. The maximum atomic E-state index is 13.0. The van der Waals surface area contributed by atoms with Gasteiger partial charge in [0.25, 0.3) is 0 Å². The SMILES string of the molecule is Cc1cc(C(C)Nc2ccc(Cl)cc2C(F)(F)F)c(C)o1. The van der Waals surface area contributed by atoms with E-state index in [-0.39, 0.29) is 16.8 Å². The van der Waals surface area contributed by atoms with Gasteiger partial charge in [-0.3, -0.25) is 0 Å². The van der Waals surface area contributed by atoms with Crippen molar-refractivity contribution in [1.29, 1.82) is 0 Å². The van der Waals surface area contributed by atoms with Gasteiger partial charge in [0.1, 0.15) is 11.5 Å². The Labute approximate surface area is 125 Å². The van der Waals surface area contributed by atoms with Gasteiger partial charge in [0, 0.05) is 16.3 Å². The number of aryl methyl sites for hydroxylation is 2. The molecule has 2 rings (SSSR count). The molecule has 114 valence electrons. The molecule has 0 saturated carbocycles. The van der Waals surface area contributed by atoms with Crippen molar-refractivity contribution in [2.45, 2.75) is 33.0 Å². The van der Waals surface area contributed by atoms with Gasteiger partial charge in [-0.25, -0.2) is 0 Å². The lowest BCUT2D eigenvalue weighted by Gasteiger charge is -2.19. The molecule has 2 aromatic rings. The second kappa shape index (κ2) is 5.64. The number of nitrogens with one attached hydrogen (secondary N) is 1. The van der Waals surface area contributed by atoms with Crippen molar-refractivity contribution in [3.05, 3.63) is 51.9 Å². The van der Waals surface area contributed by atoms with Crippen molar-refractivity contribution in [2.24, 2.45) is 0 Å². The molecule has 1 N–H and O–H groups in total. The molecule has 0 radical (unpaired) electrons. The first-order valence-electron chi connectivity index (χ1n) is 6.38. The summed E-state index contributed by atoms with van der Waals surface area (Å²) >= 11 is 5.66. The Morgan fingerprint density at radius 3 is 2.38 bits per heavy atom. The maximum absolute atomic E-state index is 13.0. The van der Waals surface area contributed by atoms with Crippen LogP contribution in [0.4, 0.5) is 18.9 Å². The van der Waals surface area contributed by atoms with E-state index in [1.54, 1.807) is 20.8 Å². The number of anilines is 1. The number of halogens is 4. The smallest absolute Gasteiger partial charge is 0.418 e. The highest BCUT2D eigenvalue weighted by Crippen LogP contribution is 2.38. The van der Waals surface area contributed by atoms with Gasteiger partial charge in [-0.05, 0) is 45.0 Å². The highest BCUT2D eigenvalue weighted by atomic mass is 35.5. The average molecular weight is 318 g/mol. The lowest BCUT2D eigenvalue weighted by atomic mass is 10.1. The minimum absolute atomic E-state index is 0.00217. The van der Waals surface area contributed by atoms with E-state index < -0.39 is 11.7 Å². The summed E-state index contributed by atoms with van der Waals surface area (Å²) in [5.41, 5.74) is 0.0490. The van der Waals surface area contributed by atoms with Crippen molar-refractivity contribution < 1.29 is 17.6 Å². The zero-order chi connectivity index (χ0) is 15.8. The van der Waals surface area contributed by atoms with Crippen molar-refractivity contribution in [3.63, 3.8) is 0 Å². The van der Waals surface area contributed by atoms with E-state index in [2.05, 4.69) is 5.32 Å². The summed E-state index contributed by atoms with van der Waals surface area (Å²) in [6, 6.07) is 5.19. The molecule has 0 saturated heterocycles. The summed E-state index contributed by atoms with van der Waals surface area (Å²) in [5.74, 6) is 1.42. The van der Waals surface area contributed by atoms with Crippen LogP contribution >= 0.6 is 11.6 Å². The summed E-state index contributed by atoms with van der Waals surface area (Å²) in [5, 5.41) is 2.93. The van der Waals surface area contributed by atoms with Crippen molar-refractivity contribution in [2.75, 3.05) is 5.32 Å². The molecule has 6 heteroatoms. The van der Waals surface area contributed by atoms with Crippen LogP contribution in [0.15, 0.2) is 28.7 Å². The quantitative estimate of drug-likeness (QED) is 0.780. The van der Waals surface area contributed by atoms with Gasteiger partial charge in [-0.1, -0.05) is 11.6 Å². The fourth-order valence-electron chi connectivity index (χ4n) is 2.27. The lowest BCUT2D eigenvalue weighted by Crippen LogP contribution is -2.13. The van der Waals surface area contributed by atoms with Crippen LogP contribution in [0.3, 0.4) is 0 Å². The molecule has 0 spiro atoms. The van der Waals surface area contributed by atoms with E-state index >= 15 is 0 Å². The van der Waals surface area contributed by atoms with Crippen molar-refractivity contribution in [3.8, 4) is 0 Å². The monoisotopic (exact) mass is 317 g/mol. The van der Waals surface area contributed by atoms with E-state index in [1.165, 1.54) is 12.1 Å². The van der Waals surface area contributed by atoms with Gasteiger partial charge in [-0.2, -0.15) is 13.2 Å². The molecule has 0 aliphatic carbocycles. The second-order valence-corrected chi connectivity index (χ2v) is 5.36. The van der Waals surface area contributed by atoms with Crippen LogP contribution in [0.25, 0.3) is 0 Å². The largest absolute Gasteiger partial charge is 0.466 e. The normalized spacial score (nSPS) is 13.3. The van der Waals surface area contributed by atoms with Gasteiger partial charge in [0.05, 0.1) is 11.6 Å². The van der Waals surface area contributed by atoms with Crippen LogP contribution in [0, 0.1) is 13.8 Å². The minimum atomic E-state index is -4.46. The average Bonchev–Trinajstić information content (AvgIpc) is 2.69. The molecule has 0 fully saturated rings. The molecular formula is C15H15ClF3NO. The van der Waals surface area contributed by atoms with E-state index in [9.17, 15) is 13.2 Å². The molecule has 0 amide bonds. The van der Waals surface area contributed by atoms with Gasteiger partial charge in [-0.15, -0.1) is 0 Å². The van der Waals surface area contributed by atoms with Gasteiger partial charge in [0.15, 0.2) is 0 Å². The summed E-state index contributed by atoms with van der Waals surface area (Å²) < 4.78 is 44.5. The predicted molar refractivity (Wildman–Crippen MR) is 76.7 cm³/mol. The van der Waals surface area contributed by atoms with Crippen LogP contribution in [0.5, 0.6) is 0 Å². The number of hydrogen-bond acceptors (Lipinski definition) is 2. The summed E-state index contributed by atoms with van der Waals surface area (Å²) in [7, 11) is 0. The molecule has 0 aliphatic heterocycles. The van der Waals surface area contributed by atoms with Crippen LogP contribution in [-0.2, 0) is 6.18 Å². The Bertz CT molecular complexity index is 649. The van der Waals surface area contributed by atoms with E-state index in [4.69, 9.17) is 16.0 Å². The van der Waals surface area contributed by atoms with Crippen molar-refractivity contribution in [1.82, 2.24) is 0 Å². The van der Waals surface area contributed by atoms with E-state index in [0.717, 1.165) is 17.4 Å². The predicted octanol–water partition coefficient (Wildman–Crippen LogP) is 5.74. The zero-order valence-electron chi connectivity index (χ0n) is 11.8. The Kier molecular flexibility index (Phi) is 4.23. The number of hydrogen-bond donors (Lipinski definition) is 1. The first-order valence-corrected chi connectivity index (χ1v) is 6.76.